The summed E-state index contributed by atoms with van der Waals surface area (Å²) in [6.07, 6.45) is 2.23. The van der Waals surface area contributed by atoms with Gasteiger partial charge in [-0.2, -0.15) is 0 Å². The molecule has 0 unspecified atom stereocenters. The van der Waals surface area contributed by atoms with Gasteiger partial charge in [-0.15, -0.1) is 6.58 Å². The first-order valence-corrected chi connectivity index (χ1v) is 6.69. The van der Waals surface area contributed by atoms with E-state index < -0.39 is 17.7 Å². The SMILES string of the molecule is C=CC[C@@]12C[C@@H](O)CN1C(=O)[C@@H](C(C)C)N=C2OC. The molecular formula is C14H22N2O3. The van der Waals surface area contributed by atoms with Gasteiger partial charge in [-0.1, -0.05) is 19.9 Å². The number of amides is 1. The maximum absolute atomic E-state index is 12.6. The Morgan fingerprint density at radius 2 is 2.37 bits per heavy atom. The second-order valence-corrected chi connectivity index (χ2v) is 5.66. The summed E-state index contributed by atoms with van der Waals surface area (Å²) in [5.74, 6) is 0.633. The third-order valence-corrected chi connectivity index (χ3v) is 3.96. The fourth-order valence-electron chi connectivity index (χ4n) is 3.11. The first-order chi connectivity index (χ1) is 8.96. The first kappa shape index (κ1) is 14.1. The van der Waals surface area contributed by atoms with Crippen LogP contribution in [0.5, 0.6) is 0 Å². The molecule has 0 radical (unpaired) electrons. The number of rotatable bonds is 3. The molecule has 0 aromatic carbocycles. The number of β-amino-alcohol motifs (C(OH)–C–C–N with tert-alkyl or cyclic N) is 1. The maximum Gasteiger partial charge on any atom is 0.248 e. The zero-order chi connectivity index (χ0) is 14.2. The fourth-order valence-corrected chi connectivity index (χ4v) is 3.11. The molecule has 0 spiro atoms. The van der Waals surface area contributed by atoms with Gasteiger partial charge in [0.1, 0.15) is 11.6 Å². The number of fused-ring (bicyclic) bond motifs is 1. The number of aliphatic hydroxyl groups excluding tert-OH is 1. The summed E-state index contributed by atoms with van der Waals surface area (Å²) in [6.45, 7) is 8.03. The van der Waals surface area contributed by atoms with Crippen LogP contribution in [0.1, 0.15) is 26.7 Å². The van der Waals surface area contributed by atoms with Crippen molar-refractivity contribution in [3.8, 4) is 0 Å². The van der Waals surface area contributed by atoms with Gasteiger partial charge in [-0.25, -0.2) is 4.99 Å². The Balaban J connectivity index is 2.49. The van der Waals surface area contributed by atoms with Crippen molar-refractivity contribution in [3.63, 3.8) is 0 Å². The number of hydrogen-bond acceptors (Lipinski definition) is 4. The highest BCUT2D eigenvalue weighted by atomic mass is 16.5. The smallest absolute Gasteiger partial charge is 0.248 e. The lowest BCUT2D eigenvalue weighted by atomic mass is 9.87. The van der Waals surface area contributed by atoms with Gasteiger partial charge in [0.2, 0.25) is 11.8 Å². The van der Waals surface area contributed by atoms with Crippen molar-refractivity contribution in [1.82, 2.24) is 4.90 Å². The number of carbonyl (C=O) groups is 1. The van der Waals surface area contributed by atoms with Gasteiger partial charge >= 0.3 is 0 Å². The van der Waals surface area contributed by atoms with E-state index >= 15 is 0 Å². The average molecular weight is 266 g/mol. The minimum atomic E-state index is -0.640. The Hall–Kier alpha value is -1.36. The topological polar surface area (TPSA) is 62.1 Å². The van der Waals surface area contributed by atoms with E-state index in [-0.39, 0.29) is 11.8 Å². The van der Waals surface area contributed by atoms with Crippen molar-refractivity contribution < 1.29 is 14.6 Å². The van der Waals surface area contributed by atoms with E-state index in [1.54, 1.807) is 18.1 Å². The van der Waals surface area contributed by atoms with Gasteiger partial charge in [-0.3, -0.25) is 4.79 Å². The monoisotopic (exact) mass is 266 g/mol. The van der Waals surface area contributed by atoms with Gasteiger partial charge < -0.3 is 14.7 Å². The predicted molar refractivity (Wildman–Crippen MR) is 73.0 cm³/mol. The van der Waals surface area contributed by atoms with Crippen LogP contribution in [0.4, 0.5) is 0 Å². The molecule has 1 N–H and O–H groups in total. The van der Waals surface area contributed by atoms with E-state index in [9.17, 15) is 9.90 Å². The molecule has 1 saturated heterocycles. The Morgan fingerprint density at radius 1 is 1.68 bits per heavy atom. The molecule has 2 rings (SSSR count). The molecule has 0 bridgehead atoms. The normalized spacial score (nSPS) is 34.3. The molecule has 3 atom stereocenters. The quantitative estimate of drug-likeness (QED) is 0.774. The summed E-state index contributed by atoms with van der Waals surface area (Å²) in [4.78, 5) is 18.8. The van der Waals surface area contributed by atoms with E-state index in [1.165, 1.54) is 0 Å². The molecule has 2 aliphatic rings. The molecule has 0 aromatic rings. The molecule has 19 heavy (non-hydrogen) atoms. The van der Waals surface area contributed by atoms with Crippen molar-refractivity contribution >= 4 is 11.8 Å². The molecule has 0 aliphatic carbocycles. The maximum atomic E-state index is 12.6. The Labute approximate surface area is 114 Å². The number of carbonyl (C=O) groups excluding carboxylic acids is 1. The lowest BCUT2D eigenvalue weighted by Crippen LogP contribution is -2.60. The van der Waals surface area contributed by atoms with Crippen LogP contribution in [0, 0.1) is 5.92 Å². The zero-order valence-corrected chi connectivity index (χ0v) is 11.8. The van der Waals surface area contributed by atoms with E-state index in [2.05, 4.69) is 11.6 Å². The molecule has 0 aromatic heterocycles. The average Bonchev–Trinajstić information content (AvgIpc) is 2.68. The van der Waals surface area contributed by atoms with Crippen molar-refractivity contribution in [2.24, 2.45) is 10.9 Å². The van der Waals surface area contributed by atoms with Crippen LogP contribution in [0.15, 0.2) is 17.6 Å². The summed E-state index contributed by atoms with van der Waals surface area (Å²) in [5.41, 5.74) is -0.640. The predicted octanol–water partition coefficient (Wildman–Crippen LogP) is 0.978. The van der Waals surface area contributed by atoms with Gasteiger partial charge in [0.05, 0.1) is 13.2 Å². The Bertz CT molecular complexity index is 419. The van der Waals surface area contributed by atoms with Gasteiger partial charge in [0.25, 0.3) is 0 Å². The van der Waals surface area contributed by atoms with E-state index in [4.69, 9.17) is 4.74 Å². The molecule has 106 valence electrons. The summed E-state index contributed by atoms with van der Waals surface area (Å²) in [6, 6.07) is -0.418. The summed E-state index contributed by atoms with van der Waals surface area (Å²) in [5, 5.41) is 9.97. The van der Waals surface area contributed by atoms with Crippen LogP contribution in [0.3, 0.4) is 0 Å². The third-order valence-electron chi connectivity index (χ3n) is 3.96. The van der Waals surface area contributed by atoms with Crippen molar-refractivity contribution in [2.45, 2.75) is 44.4 Å². The van der Waals surface area contributed by atoms with Crippen molar-refractivity contribution in [1.29, 1.82) is 0 Å². The standard InChI is InChI=1S/C14H22N2O3/c1-5-6-14-7-10(17)8-16(14)12(18)11(9(2)3)15-13(14)19-4/h5,9-11,17H,1,6-8H2,2-4H3/t10-,11-,14+/m1/s1. The number of methoxy groups -OCH3 is 1. The van der Waals surface area contributed by atoms with E-state index in [0.29, 0.717) is 25.3 Å². The van der Waals surface area contributed by atoms with Crippen LogP contribution >= 0.6 is 0 Å². The molecule has 2 heterocycles. The largest absolute Gasteiger partial charge is 0.483 e. The minimum Gasteiger partial charge on any atom is -0.483 e. The molecule has 5 nitrogen and oxygen atoms in total. The van der Waals surface area contributed by atoms with E-state index in [0.717, 1.165) is 0 Å². The lowest BCUT2D eigenvalue weighted by molar-refractivity contribution is -0.137. The highest BCUT2D eigenvalue weighted by molar-refractivity contribution is 5.99. The number of aliphatic hydroxyl groups is 1. The number of nitrogens with zero attached hydrogens (tertiary/aromatic N) is 2. The summed E-state index contributed by atoms with van der Waals surface area (Å²) in [7, 11) is 1.57. The second kappa shape index (κ2) is 4.96. The molecule has 5 heteroatoms. The minimum absolute atomic E-state index is 0.0193. The van der Waals surface area contributed by atoms with Crippen LogP contribution in [-0.2, 0) is 9.53 Å². The van der Waals surface area contributed by atoms with Crippen molar-refractivity contribution in [2.75, 3.05) is 13.7 Å². The number of aliphatic imine (C=N–C) groups is 1. The van der Waals surface area contributed by atoms with Gasteiger partial charge in [0, 0.05) is 13.0 Å². The highest BCUT2D eigenvalue weighted by Gasteiger charge is 2.55. The van der Waals surface area contributed by atoms with E-state index in [1.807, 2.05) is 13.8 Å². The molecule has 0 saturated carbocycles. The van der Waals surface area contributed by atoms with Crippen LogP contribution in [-0.4, -0.2) is 53.2 Å². The molecule has 2 aliphatic heterocycles. The summed E-state index contributed by atoms with van der Waals surface area (Å²) >= 11 is 0. The lowest BCUT2D eigenvalue weighted by Gasteiger charge is -2.43. The number of ether oxygens (including phenoxy) is 1. The zero-order valence-electron chi connectivity index (χ0n) is 11.8. The Morgan fingerprint density at radius 3 is 2.89 bits per heavy atom. The van der Waals surface area contributed by atoms with Gasteiger partial charge in [-0.05, 0) is 12.3 Å². The Kier molecular flexibility index (Phi) is 3.67. The third kappa shape index (κ3) is 2.06. The van der Waals surface area contributed by atoms with Gasteiger partial charge in [0.15, 0.2) is 0 Å². The molecule has 1 amide bonds. The highest BCUT2D eigenvalue weighted by Crippen LogP contribution is 2.39. The summed E-state index contributed by atoms with van der Waals surface area (Å²) < 4.78 is 5.44. The molecular weight excluding hydrogens is 244 g/mol. The second-order valence-electron chi connectivity index (χ2n) is 5.66. The van der Waals surface area contributed by atoms with Crippen molar-refractivity contribution in [3.05, 3.63) is 12.7 Å². The molecule has 1 fully saturated rings. The first-order valence-electron chi connectivity index (χ1n) is 6.69. The fraction of sp³-hybridized carbons (Fsp3) is 0.714. The van der Waals surface area contributed by atoms with Crippen LogP contribution < -0.4 is 0 Å². The van der Waals surface area contributed by atoms with Crippen LogP contribution in [0.2, 0.25) is 0 Å². The van der Waals surface area contributed by atoms with Crippen LogP contribution in [0.25, 0.3) is 0 Å². The number of hydrogen-bond donors (Lipinski definition) is 1.